The zero-order valence-electron chi connectivity index (χ0n) is 18.6. The summed E-state index contributed by atoms with van der Waals surface area (Å²) < 4.78 is 42.6. The average Bonchev–Trinajstić information content (AvgIpc) is 3.36. The lowest BCUT2D eigenvalue weighted by atomic mass is 10.1. The van der Waals surface area contributed by atoms with Gasteiger partial charge in [-0.1, -0.05) is 6.07 Å². The van der Waals surface area contributed by atoms with E-state index in [1.165, 1.54) is 10.5 Å². The van der Waals surface area contributed by atoms with E-state index in [0.29, 0.717) is 36.7 Å². The number of hydrogen-bond donors (Lipinski definition) is 0. The van der Waals surface area contributed by atoms with Crippen LogP contribution in [0.5, 0.6) is 11.5 Å². The van der Waals surface area contributed by atoms with Crippen LogP contribution in [-0.4, -0.2) is 53.0 Å². The number of benzene rings is 1. The van der Waals surface area contributed by atoms with Gasteiger partial charge in [0.15, 0.2) is 11.5 Å². The largest absolute Gasteiger partial charge is 0.493 e. The van der Waals surface area contributed by atoms with Crippen molar-refractivity contribution < 1.29 is 17.9 Å². The summed E-state index contributed by atoms with van der Waals surface area (Å²) in [5.74, 6) is 1.25. The normalized spacial score (nSPS) is 11.8. The van der Waals surface area contributed by atoms with E-state index < -0.39 is 10.0 Å². The summed E-state index contributed by atoms with van der Waals surface area (Å²) in [5.41, 5.74) is 2.38. The Balaban J connectivity index is 1.92. The van der Waals surface area contributed by atoms with Gasteiger partial charge in [-0.15, -0.1) is 0 Å². The highest BCUT2D eigenvalue weighted by molar-refractivity contribution is 7.89. The molecule has 9 nitrogen and oxygen atoms in total. The summed E-state index contributed by atoms with van der Waals surface area (Å²) in [5, 5.41) is 8.39. The van der Waals surface area contributed by atoms with Gasteiger partial charge < -0.3 is 9.47 Å². The minimum Gasteiger partial charge on any atom is -0.493 e. The van der Waals surface area contributed by atoms with Crippen molar-refractivity contribution in [2.24, 2.45) is 7.05 Å². The zero-order chi connectivity index (χ0) is 22.6. The molecule has 0 aliphatic heterocycles. The second-order valence-electron chi connectivity index (χ2n) is 7.13. The molecule has 0 amide bonds. The molecule has 0 aliphatic carbocycles. The van der Waals surface area contributed by atoms with Gasteiger partial charge in [0.25, 0.3) is 0 Å². The molecule has 0 saturated heterocycles. The van der Waals surface area contributed by atoms with Crippen LogP contribution in [0, 0.1) is 6.92 Å². The number of rotatable bonds is 10. The SMILES string of the molecule is CCn1nccc1CN(CCc1ccc(OC)c(OC)c1)S(=O)(=O)c1cnn(C)c1C. The lowest BCUT2D eigenvalue weighted by molar-refractivity contribution is 0.354. The lowest BCUT2D eigenvalue weighted by Gasteiger charge is -2.22. The summed E-state index contributed by atoms with van der Waals surface area (Å²) in [6.45, 7) is 4.91. The van der Waals surface area contributed by atoms with E-state index in [-0.39, 0.29) is 11.4 Å². The molecule has 31 heavy (non-hydrogen) atoms. The molecule has 1 aromatic carbocycles. The van der Waals surface area contributed by atoms with Gasteiger partial charge in [-0.05, 0) is 44.0 Å². The third-order valence-corrected chi connectivity index (χ3v) is 7.30. The summed E-state index contributed by atoms with van der Waals surface area (Å²) in [4.78, 5) is 0.213. The van der Waals surface area contributed by atoms with Gasteiger partial charge in [0.1, 0.15) is 4.90 Å². The van der Waals surface area contributed by atoms with Crippen LogP contribution in [0.4, 0.5) is 0 Å². The van der Waals surface area contributed by atoms with Crippen molar-refractivity contribution in [2.75, 3.05) is 20.8 Å². The van der Waals surface area contributed by atoms with Crippen LogP contribution < -0.4 is 9.47 Å². The van der Waals surface area contributed by atoms with E-state index in [2.05, 4.69) is 10.2 Å². The molecule has 0 bridgehead atoms. The second kappa shape index (κ2) is 9.52. The first-order chi connectivity index (χ1) is 14.8. The quantitative estimate of drug-likeness (QED) is 0.474. The summed E-state index contributed by atoms with van der Waals surface area (Å²) in [7, 11) is 1.13. The Bertz CT molecular complexity index is 1140. The van der Waals surface area contributed by atoms with Crippen LogP contribution in [-0.2, 0) is 36.6 Å². The number of ether oxygens (including phenoxy) is 2. The first-order valence-corrected chi connectivity index (χ1v) is 11.5. The fourth-order valence-corrected chi connectivity index (χ4v) is 5.00. The third kappa shape index (κ3) is 4.75. The minimum atomic E-state index is -3.76. The maximum Gasteiger partial charge on any atom is 0.246 e. The highest BCUT2D eigenvalue weighted by Crippen LogP contribution is 2.28. The van der Waals surface area contributed by atoms with Crippen molar-refractivity contribution in [2.45, 2.75) is 38.3 Å². The average molecular weight is 448 g/mol. The van der Waals surface area contributed by atoms with Gasteiger partial charge in [-0.25, -0.2) is 8.42 Å². The fraction of sp³-hybridized carbons (Fsp3) is 0.429. The van der Waals surface area contributed by atoms with E-state index in [0.717, 1.165) is 11.3 Å². The van der Waals surface area contributed by atoms with Crippen molar-refractivity contribution >= 4 is 10.0 Å². The van der Waals surface area contributed by atoms with Crippen molar-refractivity contribution in [1.29, 1.82) is 0 Å². The second-order valence-corrected chi connectivity index (χ2v) is 9.04. The van der Waals surface area contributed by atoms with Gasteiger partial charge in [0.05, 0.1) is 38.3 Å². The Hall–Kier alpha value is -2.85. The predicted molar refractivity (Wildman–Crippen MR) is 117 cm³/mol. The molecule has 0 N–H and O–H groups in total. The highest BCUT2D eigenvalue weighted by atomic mass is 32.2. The molecule has 10 heteroatoms. The molecule has 0 atom stereocenters. The number of sulfonamides is 1. The summed E-state index contributed by atoms with van der Waals surface area (Å²) in [6.07, 6.45) is 3.61. The number of aromatic nitrogens is 4. The molecule has 0 aliphatic rings. The first-order valence-electron chi connectivity index (χ1n) is 10.0. The fourth-order valence-electron chi connectivity index (χ4n) is 3.40. The summed E-state index contributed by atoms with van der Waals surface area (Å²) in [6, 6.07) is 7.45. The van der Waals surface area contributed by atoms with Gasteiger partial charge in [0.2, 0.25) is 10.0 Å². The predicted octanol–water partition coefficient (Wildman–Crippen LogP) is 2.40. The standard InChI is InChI=1S/C21H29N5O4S/c1-6-26-18(9-11-22-26)15-25(31(27,28)21-14-23-24(3)16(21)2)12-10-17-7-8-19(29-4)20(13-17)30-5/h7-9,11,13-14H,6,10,12,15H2,1-5H3. The molecule has 168 valence electrons. The lowest BCUT2D eigenvalue weighted by Crippen LogP contribution is -2.33. The van der Waals surface area contributed by atoms with Gasteiger partial charge >= 0.3 is 0 Å². The molecule has 3 rings (SSSR count). The number of hydrogen-bond acceptors (Lipinski definition) is 6. The maximum atomic E-state index is 13.5. The van der Waals surface area contributed by atoms with Crippen LogP contribution in [0.15, 0.2) is 41.6 Å². The zero-order valence-corrected chi connectivity index (χ0v) is 19.4. The van der Waals surface area contributed by atoms with Crippen molar-refractivity contribution in [3.8, 4) is 11.5 Å². The topological polar surface area (TPSA) is 91.5 Å². The van der Waals surface area contributed by atoms with Gasteiger partial charge in [0, 0.05) is 26.3 Å². The molecule has 0 spiro atoms. The number of nitrogens with zero attached hydrogens (tertiary/aromatic N) is 5. The Morgan fingerprint density at radius 1 is 1.10 bits per heavy atom. The van der Waals surface area contributed by atoms with Gasteiger partial charge in [-0.2, -0.15) is 14.5 Å². The van der Waals surface area contributed by atoms with Crippen LogP contribution in [0.1, 0.15) is 23.9 Å². The third-order valence-electron chi connectivity index (χ3n) is 5.35. The van der Waals surface area contributed by atoms with Crippen molar-refractivity contribution in [3.05, 3.63) is 53.6 Å². The van der Waals surface area contributed by atoms with Crippen LogP contribution >= 0.6 is 0 Å². The smallest absolute Gasteiger partial charge is 0.246 e. The van der Waals surface area contributed by atoms with Crippen LogP contribution in [0.3, 0.4) is 0 Å². The molecule has 0 radical (unpaired) electrons. The molecule has 0 saturated carbocycles. The van der Waals surface area contributed by atoms with E-state index >= 15 is 0 Å². The molecular weight excluding hydrogens is 418 g/mol. The Morgan fingerprint density at radius 3 is 2.45 bits per heavy atom. The van der Waals surface area contributed by atoms with Crippen LogP contribution in [0.25, 0.3) is 0 Å². The number of methoxy groups -OCH3 is 2. The molecule has 2 aromatic heterocycles. The minimum absolute atomic E-state index is 0.213. The molecular formula is C21H29N5O4S. The Labute approximate surface area is 183 Å². The van der Waals surface area contributed by atoms with E-state index in [4.69, 9.17) is 9.47 Å². The maximum absolute atomic E-state index is 13.5. The summed E-state index contributed by atoms with van der Waals surface area (Å²) >= 11 is 0. The van der Waals surface area contributed by atoms with Crippen molar-refractivity contribution in [1.82, 2.24) is 23.9 Å². The first kappa shape index (κ1) is 22.8. The Kier molecular flexibility index (Phi) is 7.01. The van der Waals surface area contributed by atoms with Crippen LogP contribution in [0.2, 0.25) is 0 Å². The molecule has 2 heterocycles. The van der Waals surface area contributed by atoms with Gasteiger partial charge in [-0.3, -0.25) is 9.36 Å². The molecule has 0 fully saturated rings. The number of aryl methyl sites for hydroxylation is 2. The Morgan fingerprint density at radius 2 is 1.84 bits per heavy atom. The van der Waals surface area contributed by atoms with E-state index in [1.54, 1.807) is 43.8 Å². The highest BCUT2D eigenvalue weighted by Gasteiger charge is 2.29. The monoisotopic (exact) mass is 447 g/mol. The van der Waals surface area contributed by atoms with E-state index in [9.17, 15) is 8.42 Å². The van der Waals surface area contributed by atoms with E-state index in [1.807, 2.05) is 31.2 Å². The van der Waals surface area contributed by atoms with Crippen molar-refractivity contribution in [3.63, 3.8) is 0 Å². The molecule has 0 unspecified atom stereocenters. The molecule has 3 aromatic rings.